The van der Waals surface area contributed by atoms with Crippen molar-refractivity contribution in [2.75, 3.05) is 0 Å². The van der Waals surface area contributed by atoms with Crippen molar-refractivity contribution < 1.29 is 25.2 Å². The van der Waals surface area contributed by atoms with Crippen LogP contribution < -0.4 is 0 Å². The molecule has 0 aromatic heterocycles. The lowest BCUT2D eigenvalue weighted by Crippen LogP contribution is -2.29. The molecule has 0 spiro atoms. The van der Waals surface area contributed by atoms with E-state index in [1.807, 2.05) is 0 Å². The smallest absolute Gasteiger partial charge is 0.193 e. The molecule has 0 amide bonds. The molecule has 5 heteroatoms. The molecule has 30 heavy (non-hydrogen) atoms. The van der Waals surface area contributed by atoms with Crippen LogP contribution in [0.2, 0.25) is 0 Å². The number of benzene rings is 2. The highest BCUT2D eigenvalue weighted by Crippen LogP contribution is 2.37. The van der Waals surface area contributed by atoms with Gasteiger partial charge >= 0.3 is 0 Å². The van der Waals surface area contributed by atoms with E-state index in [1.165, 1.54) is 0 Å². The predicted molar refractivity (Wildman–Crippen MR) is 117 cm³/mol. The quantitative estimate of drug-likeness (QED) is 0.539. The van der Waals surface area contributed by atoms with Crippen LogP contribution in [0.15, 0.2) is 36.4 Å². The molecule has 0 aliphatic carbocycles. The second-order valence-corrected chi connectivity index (χ2v) is 10.1. The first-order valence-electron chi connectivity index (χ1n) is 10.1. The first-order chi connectivity index (χ1) is 13.3. The Morgan fingerprint density at radius 2 is 1.07 bits per heavy atom. The zero-order valence-electron chi connectivity index (χ0n) is 19.2. The summed E-state index contributed by atoms with van der Waals surface area (Å²) in [4.78, 5) is 13.7. The fourth-order valence-corrected chi connectivity index (χ4v) is 3.39. The van der Waals surface area contributed by atoms with Gasteiger partial charge in [0.1, 0.15) is 0 Å². The van der Waals surface area contributed by atoms with Crippen molar-refractivity contribution >= 4 is 5.78 Å². The molecule has 0 unspecified atom stereocenters. The third-order valence-corrected chi connectivity index (χ3v) is 5.22. The second-order valence-electron chi connectivity index (χ2n) is 10.1. The number of rotatable bonds is 6. The largest absolute Gasteiger partial charge is 0.386 e. The minimum absolute atomic E-state index is 0.191. The van der Waals surface area contributed by atoms with Crippen molar-refractivity contribution in [2.45, 2.75) is 77.8 Å². The maximum absolute atomic E-state index is 13.7. The van der Waals surface area contributed by atoms with E-state index < -0.39 is 22.4 Å². The number of carbonyl (C=O) groups excluding carboxylic acids is 1. The SMILES string of the molecule is CC(C)(O)c1cccc(C(=O)c2c(C(C)(C)O)cc(C(C)(C)O)cc2C(C)(C)O)c1. The van der Waals surface area contributed by atoms with Crippen molar-refractivity contribution in [2.24, 2.45) is 0 Å². The van der Waals surface area contributed by atoms with Gasteiger partial charge < -0.3 is 20.4 Å². The van der Waals surface area contributed by atoms with Crippen LogP contribution in [-0.2, 0) is 22.4 Å². The molecular formula is C25H34O5. The molecule has 0 aliphatic rings. The maximum Gasteiger partial charge on any atom is 0.193 e. The van der Waals surface area contributed by atoms with Gasteiger partial charge in [0.2, 0.25) is 0 Å². The van der Waals surface area contributed by atoms with Gasteiger partial charge in [-0.1, -0.05) is 18.2 Å². The average Bonchev–Trinajstić information content (AvgIpc) is 2.57. The lowest BCUT2D eigenvalue weighted by atomic mass is 9.78. The van der Waals surface area contributed by atoms with Crippen molar-refractivity contribution in [3.63, 3.8) is 0 Å². The van der Waals surface area contributed by atoms with Crippen molar-refractivity contribution in [1.82, 2.24) is 0 Å². The second kappa shape index (κ2) is 7.57. The van der Waals surface area contributed by atoms with Crippen LogP contribution in [0.5, 0.6) is 0 Å². The molecule has 2 rings (SSSR count). The highest BCUT2D eigenvalue weighted by Gasteiger charge is 2.34. The van der Waals surface area contributed by atoms with E-state index >= 15 is 0 Å². The van der Waals surface area contributed by atoms with Gasteiger partial charge in [-0.25, -0.2) is 0 Å². The number of hydrogen-bond donors (Lipinski definition) is 4. The summed E-state index contributed by atoms with van der Waals surface area (Å²) in [6.07, 6.45) is 0. The van der Waals surface area contributed by atoms with Crippen LogP contribution >= 0.6 is 0 Å². The Kier molecular flexibility index (Phi) is 6.12. The van der Waals surface area contributed by atoms with Gasteiger partial charge in [-0.3, -0.25) is 4.79 Å². The summed E-state index contributed by atoms with van der Waals surface area (Å²) in [6.45, 7) is 12.8. The van der Waals surface area contributed by atoms with E-state index in [-0.39, 0.29) is 11.3 Å². The third-order valence-electron chi connectivity index (χ3n) is 5.22. The molecule has 0 saturated carbocycles. The molecule has 0 fully saturated rings. The first-order valence-corrected chi connectivity index (χ1v) is 10.1. The predicted octanol–water partition coefficient (Wildman–Crippen LogP) is 3.83. The third kappa shape index (κ3) is 5.16. The molecule has 0 saturated heterocycles. The molecule has 0 atom stereocenters. The van der Waals surface area contributed by atoms with Crippen molar-refractivity contribution in [3.8, 4) is 0 Å². The van der Waals surface area contributed by atoms with E-state index in [2.05, 4.69) is 0 Å². The number of carbonyl (C=O) groups is 1. The van der Waals surface area contributed by atoms with E-state index in [0.29, 0.717) is 27.8 Å². The Labute approximate surface area is 179 Å². The number of aliphatic hydroxyl groups is 4. The van der Waals surface area contributed by atoms with Crippen LogP contribution in [0.25, 0.3) is 0 Å². The molecule has 5 nitrogen and oxygen atoms in total. The van der Waals surface area contributed by atoms with E-state index in [4.69, 9.17) is 0 Å². The van der Waals surface area contributed by atoms with Crippen LogP contribution in [0.4, 0.5) is 0 Å². The van der Waals surface area contributed by atoms with E-state index in [0.717, 1.165) is 0 Å². The molecule has 2 aromatic carbocycles. The highest BCUT2D eigenvalue weighted by atomic mass is 16.3. The molecular weight excluding hydrogens is 380 g/mol. The number of ketones is 1. The lowest BCUT2D eigenvalue weighted by Gasteiger charge is -2.31. The molecule has 0 radical (unpaired) electrons. The first kappa shape index (κ1) is 24.2. The Morgan fingerprint density at radius 3 is 1.43 bits per heavy atom. The molecule has 0 bridgehead atoms. The van der Waals surface area contributed by atoms with Gasteiger partial charge in [0.15, 0.2) is 5.78 Å². The standard InChI is InChI=1S/C25H34O5/c1-22(2,27)16-11-9-10-15(12-16)21(26)20-18(24(5,6)29)13-17(23(3,4)28)14-19(20)25(7,8)30/h9-14,27-30H,1-8H3. The molecule has 0 aliphatic heterocycles. The van der Waals surface area contributed by atoms with Crippen LogP contribution in [0.3, 0.4) is 0 Å². The fourth-order valence-electron chi connectivity index (χ4n) is 3.39. The molecule has 4 N–H and O–H groups in total. The summed E-state index contributed by atoms with van der Waals surface area (Å²) >= 11 is 0. The Hall–Kier alpha value is -2.05. The summed E-state index contributed by atoms with van der Waals surface area (Å²) in [5.74, 6) is -0.377. The summed E-state index contributed by atoms with van der Waals surface area (Å²) in [6, 6.07) is 9.92. The van der Waals surface area contributed by atoms with Crippen LogP contribution in [-0.4, -0.2) is 26.2 Å². The fraction of sp³-hybridized carbons (Fsp3) is 0.480. The van der Waals surface area contributed by atoms with Gasteiger partial charge in [-0.05, 0) is 95.8 Å². The van der Waals surface area contributed by atoms with Gasteiger partial charge in [0.05, 0.1) is 22.4 Å². The monoisotopic (exact) mass is 414 g/mol. The zero-order chi connectivity index (χ0) is 23.3. The van der Waals surface area contributed by atoms with Crippen molar-refractivity contribution in [1.29, 1.82) is 0 Å². The zero-order valence-corrected chi connectivity index (χ0v) is 19.2. The van der Waals surface area contributed by atoms with E-state index in [9.17, 15) is 25.2 Å². The molecule has 164 valence electrons. The van der Waals surface area contributed by atoms with Gasteiger partial charge in [0.25, 0.3) is 0 Å². The molecule has 2 aromatic rings. The highest BCUT2D eigenvalue weighted by molar-refractivity contribution is 6.11. The lowest BCUT2D eigenvalue weighted by molar-refractivity contribution is 0.0620. The summed E-state index contributed by atoms with van der Waals surface area (Å²) in [5, 5.41) is 42.7. The summed E-state index contributed by atoms with van der Waals surface area (Å²) < 4.78 is 0. The van der Waals surface area contributed by atoms with Crippen molar-refractivity contribution in [3.05, 3.63) is 69.8 Å². The van der Waals surface area contributed by atoms with Crippen LogP contribution in [0, 0.1) is 0 Å². The Bertz CT molecular complexity index is 910. The average molecular weight is 415 g/mol. The minimum atomic E-state index is -1.40. The van der Waals surface area contributed by atoms with E-state index in [1.54, 1.807) is 91.8 Å². The summed E-state index contributed by atoms with van der Waals surface area (Å²) in [7, 11) is 0. The Morgan fingerprint density at radius 1 is 0.633 bits per heavy atom. The normalized spacial score (nSPS) is 13.5. The van der Waals surface area contributed by atoms with Gasteiger partial charge in [-0.2, -0.15) is 0 Å². The maximum atomic E-state index is 13.7. The van der Waals surface area contributed by atoms with Crippen LogP contribution in [0.1, 0.15) is 93.6 Å². The van der Waals surface area contributed by atoms with Gasteiger partial charge in [-0.15, -0.1) is 0 Å². The number of hydrogen-bond acceptors (Lipinski definition) is 5. The molecule has 0 heterocycles. The van der Waals surface area contributed by atoms with Gasteiger partial charge in [0, 0.05) is 11.1 Å². The Balaban J connectivity index is 2.89. The summed E-state index contributed by atoms with van der Waals surface area (Å²) in [5.41, 5.74) is -2.94. The topological polar surface area (TPSA) is 98.0 Å². The minimum Gasteiger partial charge on any atom is -0.386 e.